The predicted octanol–water partition coefficient (Wildman–Crippen LogP) is 2.50. The Bertz CT molecular complexity index is 939. The zero-order valence-electron chi connectivity index (χ0n) is 14.5. The van der Waals surface area contributed by atoms with E-state index in [0.29, 0.717) is 12.4 Å². The maximum Gasteiger partial charge on any atom is 0.311 e. The topological polar surface area (TPSA) is 112 Å². The Hall–Kier alpha value is -3.75. The lowest BCUT2D eigenvalue weighted by Crippen LogP contribution is -2.23. The fraction of sp³-hybridized carbons (Fsp3) is 0.167. The second-order valence-corrected chi connectivity index (χ2v) is 5.55. The first kappa shape index (κ1) is 18.1. The number of nitrogens with one attached hydrogen (secondary N) is 1. The number of aromatic nitrogens is 3. The number of carbonyl (C=O) groups excluding carboxylic acids is 1. The molecule has 2 aromatic heterocycles. The highest BCUT2D eigenvalue weighted by Gasteiger charge is 2.18. The Balaban J connectivity index is 1.67. The van der Waals surface area contributed by atoms with Gasteiger partial charge in [-0.05, 0) is 30.7 Å². The van der Waals surface area contributed by atoms with Gasteiger partial charge in [0.25, 0.3) is 5.91 Å². The number of nitro benzene ring substituents is 1. The first-order valence-electron chi connectivity index (χ1n) is 8.21. The summed E-state index contributed by atoms with van der Waals surface area (Å²) in [6.45, 7) is 2.28. The van der Waals surface area contributed by atoms with Gasteiger partial charge in [-0.1, -0.05) is 6.07 Å². The molecule has 0 bridgehead atoms. The molecule has 9 nitrogen and oxygen atoms in total. The summed E-state index contributed by atoms with van der Waals surface area (Å²) in [4.78, 5) is 31.2. The molecule has 0 radical (unpaired) electrons. The molecule has 1 aromatic carbocycles. The van der Waals surface area contributed by atoms with E-state index >= 15 is 0 Å². The molecule has 27 heavy (non-hydrogen) atoms. The van der Waals surface area contributed by atoms with Gasteiger partial charge in [0.15, 0.2) is 5.75 Å². The fourth-order valence-electron chi connectivity index (χ4n) is 2.43. The number of nitro groups is 1. The number of amides is 1. The zero-order valence-corrected chi connectivity index (χ0v) is 14.5. The SMILES string of the molecule is CCOc1ccc(C(=O)NCc2ccc(-n3ccnc3)nc2)cc1[N+](=O)[O-]. The van der Waals surface area contributed by atoms with Gasteiger partial charge < -0.3 is 10.1 Å². The van der Waals surface area contributed by atoms with Crippen LogP contribution in [0, 0.1) is 10.1 Å². The van der Waals surface area contributed by atoms with E-state index in [1.54, 1.807) is 36.4 Å². The normalized spacial score (nSPS) is 10.4. The highest BCUT2D eigenvalue weighted by atomic mass is 16.6. The van der Waals surface area contributed by atoms with Gasteiger partial charge in [-0.3, -0.25) is 19.5 Å². The van der Waals surface area contributed by atoms with Gasteiger partial charge in [-0.2, -0.15) is 0 Å². The number of rotatable bonds is 7. The number of imidazole rings is 1. The minimum atomic E-state index is -0.569. The molecule has 9 heteroatoms. The van der Waals surface area contributed by atoms with Crippen molar-refractivity contribution in [1.29, 1.82) is 0 Å². The van der Waals surface area contributed by atoms with Crippen LogP contribution in [0.5, 0.6) is 5.75 Å². The summed E-state index contributed by atoms with van der Waals surface area (Å²) < 4.78 is 6.98. The van der Waals surface area contributed by atoms with Crippen molar-refractivity contribution in [3.05, 3.63) is 76.5 Å². The number of benzene rings is 1. The summed E-state index contributed by atoms with van der Waals surface area (Å²) in [5.74, 6) is 0.433. The van der Waals surface area contributed by atoms with Gasteiger partial charge in [-0.25, -0.2) is 9.97 Å². The number of nitrogens with zero attached hydrogens (tertiary/aromatic N) is 4. The molecule has 0 spiro atoms. The standard InChI is InChI=1S/C18H17N5O4/c1-2-27-16-5-4-14(9-15(16)23(25)26)18(24)21-11-13-3-6-17(20-10-13)22-8-7-19-12-22/h3-10,12H,2,11H2,1H3,(H,21,24). The molecule has 0 aliphatic carbocycles. The number of carbonyl (C=O) groups is 1. The molecule has 1 N–H and O–H groups in total. The van der Waals surface area contributed by atoms with E-state index in [2.05, 4.69) is 15.3 Å². The van der Waals surface area contributed by atoms with Crippen molar-refractivity contribution in [3.63, 3.8) is 0 Å². The van der Waals surface area contributed by atoms with E-state index in [1.807, 2.05) is 12.1 Å². The van der Waals surface area contributed by atoms with Gasteiger partial charge in [0.2, 0.25) is 0 Å². The molecular formula is C18H17N5O4. The van der Waals surface area contributed by atoms with Crippen LogP contribution in [-0.4, -0.2) is 32.0 Å². The highest BCUT2D eigenvalue weighted by molar-refractivity contribution is 5.95. The lowest BCUT2D eigenvalue weighted by molar-refractivity contribution is -0.385. The third kappa shape index (κ3) is 4.27. The van der Waals surface area contributed by atoms with Crippen molar-refractivity contribution in [2.24, 2.45) is 0 Å². The number of hydrogen-bond acceptors (Lipinski definition) is 6. The fourth-order valence-corrected chi connectivity index (χ4v) is 2.43. The van der Waals surface area contributed by atoms with Gasteiger partial charge in [0.05, 0.1) is 11.5 Å². The summed E-state index contributed by atoms with van der Waals surface area (Å²) in [5.41, 5.74) is 0.747. The molecule has 3 rings (SSSR count). The predicted molar refractivity (Wildman–Crippen MR) is 96.8 cm³/mol. The molecular weight excluding hydrogens is 350 g/mol. The molecule has 0 fully saturated rings. The van der Waals surface area contributed by atoms with Crippen molar-refractivity contribution in [2.45, 2.75) is 13.5 Å². The summed E-state index contributed by atoms with van der Waals surface area (Å²) >= 11 is 0. The number of hydrogen-bond donors (Lipinski definition) is 1. The Morgan fingerprint density at radius 1 is 1.33 bits per heavy atom. The lowest BCUT2D eigenvalue weighted by atomic mass is 10.1. The minimum absolute atomic E-state index is 0.137. The van der Waals surface area contributed by atoms with Crippen LogP contribution in [0.1, 0.15) is 22.8 Å². The third-order valence-electron chi connectivity index (χ3n) is 3.75. The van der Waals surface area contributed by atoms with Crippen LogP contribution in [-0.2, 0) is 6.54 Å². The Morgan fingerprint density at radius 3 is 2.81 bits per heavy atom. The van der Waals surface area contributed by atoms with Crippen LogP contribution >= 0.6 is 0 Å². The number of ether oxygens (including phenoxy) is 1. The Labute approximate surface area is 154 Å². The van der Waals surface area contributed by atoms with Crippen molar-refractivity contribution in [1.82, 2.24) is 19.9 Å². The second-order valence-electron chi connectivity index (χ2n) is 5.55. The van der Waals surface area contributed by atoms with Crippen LogP contribution in [0.2, 0.25) is 0 Å². The largest absolute Gasteiger partial charge is 0.487 e. The van der Waals surface area contributed by atoms with Crippen LogP contribution in [0.25, 0.3) is 5.82 Å². The van der Waals surface area contributed by atoms with E-state index in [9.17, 15) is 14.9 Å². The average Bonchev–Trinajstić information content (AvgIpc) is 3.21. The quantitative estimate of drug-likeness (QED) is 0.507. The average molecular weight is 367 g/mol. The molecule has 0 saturated carbocycles. The number of pyridine rings is 1. The van der Waals surface area contributed by atoms with Crippen molar-refractivity contribution in [2.75, 3.05) is 6.61 Å². The monoisotopic (exact) mass is 367 g/mol. The van der Waals surface area contributed by atoms with Crippen LogP contribution in [0.4, 0.5) is 5.69 Å². The van der Waals surface area contributed by atoms with E-state index in [0.717, 1.165) is 5.56 Å². The first-order chi connectivity index (χ1) is 13.1. The summed E-state index contributed by atoms with van der Waals surface area (Å²) in [5, 5.41) is 13.9. The first-order valence-corrected chi connectivity index (χ1v) is 8.21. The maximum absolute atomic E-state index is 12.3. The lowest BCUT2D eigenvalue weighted by Gasteiger charge is -2.08. The van der Waals surface area contributed by atoms with Crippen molar-refractivity contribution < 1.29 is 14.5 Å². The molecule has 2 heterocycles. The van der Waals surface area contributed by atoms with Crippen LogP contribution in [0.3, 0.4) is 0 Å². The molecule has 0 atom stereocenters. The van der Waals surface area contributed by atoms with Gasteiger partial charge in [0, 0.05) is 36.8 Å². The molecule has 138 valence electrons. The zero-order chi connectivity index (χ0) is 19.2. The molecule has 0 saturated heterocycles. The Morgan fingerprint density at radius 2 is 2.19 bits per heavy atom. The summed E-state index contributed by atoms with van der Waals surface area (Å²) in [6.07, 6.45) is 6.73. The van der Waals surface area contributed by atoms with Crippen molar-refractivity contribution in [3.8, 4) is 11.6 Å². The third-order valence-corrected chi connectivity index (χ3v) is 3.75. The van der Waals surface area contributed by atoms with Crippen LogP contribution < -0.4 is 10.1 Å². The maximum atomic E-state index is 12.3. The van der Waals surface area contributed by atoms with E-state index in [-0.39, 0.29) is 23.5 Å². The van der Waals surface area contributed by atoms with Crippen molar-refractivity contribution >= 4 is 11.6 Å². The summed E-state index contributed by atoms with van der Waals surface area (Å²) in [6, 6.07) is 7.78. The molecule has 0 unspecified atom stereocenters. The van der Waals surface area contributed by atoms with Crippen LogP contribution in [0.15, 0.2) is 55.2 Å². The van der Waals surface area contributed by atoms with E-state index in [4.69, 9.17) is 4.74 Å². The van der Waals surface area contributed by atoms with Gasteiger partial charge >= 0.3 is 5.69 Å². The molecule has 0 aliphatic heterocycles. The van der Waals surface area contributed by atoms with Gasteiger partial charge in [0.1, 0.15) is 12.1 Å². The summed E-state index contributed by atoms with van der Waals surface area (Å²) in [7, 11) is 0. The van der Waals surface area contributed by atoms with E-state index in [1.165, 1.54) is 18.2 Å². The Kier molecular flexibility index (Phi) is 5.41. The minimum Gasteiger partial charge on any atom is -0.487 e. The van der Waals surface area contributed by atoms with Gasteiger partial charge in [-0.15, -0.1) is 0 Å². The van der Waals surface area contributed by atoms with E-state index < -0.39 is 10.8 Å². The molecule has 3 aromatic rings. The molecule has 0 aliphatic rings. The smallest absolute Gasteiger partial charge is 0.311 e. The molecule has 1 amide bonds. The second kappa shape index (κ2) is 8.09. The highest BCUT2D eigenvalue weighted by Crippen LogP contribution is 2.28.